The summed E-state index contributed by atoms with van der Waals surface area (Å²) in [7, 11) is 0. The SMILES string of the molecule is Cc1ccn2ncc(C(=O)N[C@H]3CC[C@@H](C(=O)O)C3)c2n1. The summed E-state index contributed by atoms with van der Waals surface area (Å²) in [4.78, 5) is 27.6. The summed E-state index contributed by atoms with van der Waals surface area (Å²) in [5, 5.41) is 16.0. The van der Waals surface area contributed by atoms with Crippen LogP contribution in [-0.4, -0.2) is 37.6 Å². The minimum atomic E-state index is -0.792. The maximum atomic E-state index is 12.3. The number of hydrogen-bond acceptors (Lipinski definition) is 4. The molecule has 2 atom stereocenters. The largest absolute Gasteiger partial charge is 0.481 e. The molecule has 0 bridgehead atoms. The second-order valence-corrected chi connectivity index (χ2v) is 5.41. The van der Waals surface area contributed by atoms with Gasteiger partial charge in [-0.05, 0) is 32.3 Å². The predicted molar refractivity (Wildman–Crippen MR) is 74.0 cm³/mol. The normalized spacial score (nSPS) is 21.6. The minimum Gasteiger partial charge on any atom is -0.481 e. The van der Waals surface area contributed by atoms with Crippen molar-refractivity contribution in [3.63, 3.8) is 0 Å². The van der Waals surface area contributed by atoms with Crippen LogP contribution >= 0.6 is 0 Å². The van der Waals surface area contributed by atoms with Gasteiger partial charge in [0.05, 0.1) is 12.1 Å². The molecule has 1 fully saturated rings. The van der Waals surface area contributed by atoms with Crippen LogP contribution in [0.1, 0.15) is 35.3 Å². The van der Waals surface area contributed by atoms with Crippen molar-refractivity contribution in [3.8, 4) is 0 Å². The van der Waals surface area contributed by atoms with Gasteiger partial charge in [-0.15, -0.1) is 0 Å². The Morgan fingerprint density at radius 1 is 1.43 bits per heavy atom. The average molecular weight is 288 g/mol. The number of nitrogens with one attached hydrogen (secondary N) is 1. The van der Waals surface area contributed by atoms with Crippen LogP contribution in [0.15, 0.2) is 18.5 Å². The molecule has 0 aliphatic heterocycles. The Morgan fingerprint density at radius 2 is 2.24 bits per heavy atom. The molecule has 1 aliphatic carbocycles. The topological polar surface area (TPSA) is 96.6 Å². The lowest BCUT2D eigenvalue weighted by atomic mass is 10.1. The van der Waals surface area contributed by atoms with Crippen LogP contribution < -0.4 is 5.32 Å². The van der Waals surface area contributed by atoms with Gasteiger partial charge in [0.2, 0.25) is 0 Å². The van der Waals surface area contributed by atoms with Gasteiger partial charge < -0.3 is 10.4 Å². The van der Waals surface area contributed by atoms with E-state index in [0.29, 0.717) is 30.5 Å². The molecule has 0 saturated heterocycles. The molecule has 2 aromatic rings. The molecule has 1 aliphatic rings. The van der Waals surface area contributed by atoms with Crippen LogP contribution in [0.4, 0.5) is 0 Å². The first-order chi connectivity index (χ1) is 10.0. The van der Waals surface area contributed by atoms with Crippen molar-refractivity contribution in [2.24, 2.45) is 5.92 Å². The van der Waals surface area contributed by atoms with Gasteiger partial charge in [0.1, 0.15) is 5.56 Å². The highest BCUT2D eigenvalue weighted by Gasteiger charge is 2.31. The van der Waals surface area contributed by atoms with Gasteiger partial charge in [0.15, 0.2) is 5.65 Å². The number of aryl methyl sites for hydroxylation is 1. The van der Waals surface area contributed by atoms with Crippen molar-refractivity contribution < 1.29 is 14.7 Å². The number of amides is 1. The van der Waals surface area contributed by atoms with Crippen molar-refractivity contribution in [3.05, 3.63) is 29.7 Å². The molecular formula is C14H16N4O3. The molecule has 0 aromatic carbocycles. The van der Waals surface area contributed by atoms with E-state index < -0.39 is 5.97 Å². The van der Waals surface area contributed by atoms with Crippen molar-refractivity contribution >= 4 is 17.5 Å². The highest BCUT2D eigenvalue weighted by molar-refractivity contribution is 5.99. The van der Waals surface area contributed by atoms with E-state index in [0.717, 1.165) is 5.69 Å². The summed E-state index contributed by atoms with van der Waals surface area (Å²) in [5.41, 5.74) is 1.74. The van der Waals surface area contributed by atoms with Crippen molar-refractivity contribution in [2.75, 3.05) is 0 Å². The van der Waals surface area contributed by atoms with Gasteiger partial charge in [-0.3, -0.25) is 9.59 Å². The van der Waals surface area contributed by atoms with E-state index in [4.69, 9.17) is 5.11 Å². The van der Waals surface area contributed by atoms with E-state index >= 15 is 0 Å². The summed E-state index contributed by atoms with van der Waals surface area (Å²) in [5.74, 6) is -1.40. The molecule has 2 heterocycles. The number of nitrogens with zero attached hydrogens (tertiary/aromatic N) is 3. The molecule has 21 heavy (non-hydrogen) atoms. The van der Waals surface area contributed by atoms with Gasteiger partial charge in [-0.2, -0.15) is 5.10 Å². The summed E-state index contributed by atoms with van der Waals surface area (Å²) < 4.78 is 1.55. The lowest BCUT2D eigenvalue weighted by Gasteiger charge is -2.11. The number of aliphatic carboxylic acids is 1. The second kappa shape index (κ2) is 5.16. The van der Waals surface area contributed by atoms with E-state index in [1.807, 2.05) is 13.0 Å². The van der Waals surface area contributed by atoms with Crippen LogP contribution in [0, 0.1) is 12.8 Å². The quantitative estimate of drug-likeness (QED) is 0.879. The van der Waals surface area contributed by atoms with Crippen molar-refractivity contribution in [1.29, 1.82) is 0 Å². The molecule has 7 heteroatoms. The highest BCUT2D eigenvalue weighted by Crippen LogP contribution is 2.26. The zero-order valence-electron chi connectivity index (χ0n) is 11.6. The van der Waals surface area contributed by atoms with E-state index in [1.165, 1.54) is 6.20 Å². The molecule has 2 N–H and O–H groups in total. The maximum absolute atomic E-state index is 12.3. The van der Waals surface area contributed by atoms with Gasteiger partial charge in [0, 0.05) is 17.9 Å². The summed E-state index contributed by atoms with van der Waals surface area (Å²) in [6, 6.07) is 1.72. The number of carboxylic acid groups (broad SMARTS) is 1. The monoisotopic (exact) mass is 288 g/mol. The van der Waals surface area contributed by atoms with E-state index in [-0.39, 0.29) is 17.9 Å². The molecule has 3 rings (SSSR count). The van der Waals surface area contributed by atoms with Gasteiger partial charge in [-0.1, -0.05) is 0 Å². The number of fused-ring (bicyclic) bond motifs is 1. The van der Waals surface area contributed by atoms with Gasteiger partial charge >= 0.3 is 5.97 Å². The Kier molecular flexibility index (Phi) is 3.32. The molecular weight excluding hydrogens is 272 g/mol. The smallest absolute Gasteiger partial charge is 0.306 e. The first kappa shape index (κ1) is 13.5. The predicted octanol–water partition coefficient (Wildman–Crippen LogP) is 1.02. The van der Waals surface area contributed by atoms with Crippen LogP contribution in [0.5, 0.6) is 0 Å². The van der Waals surface area contributed by atoms with Crippen LogP contribution in [0.2, 0.25) is 0 Å². The third-order valence-corrected chi connectivity index (χ3v) is 3.87. The number of carboxylic acids is 1. The van der Waals surface area contributed by atoms with Crippen molar-refractivity contribution in [1.82, 2.24) is 19.9 Å². The maximum Gasteiger partial charge on any atom is 0.306 e. The second-order valence-electron chi connectivity index (χ2n) is 5.41. The van der Waals surface area contributed by atoms with Crippen LogP contribution in [0.25, 0.3) is 5.65 Å². The number of hydrogen-bond donors (Lipinski definition) is 2. The Bertz CT molecular complexity index is 709. The molecule has 0 spiro atoms. The fraction of sp³-hybridized carbons (Fsp3) is 0.429. The molecule has 2 aromatic heterocycles. The number of carbonyl (C=O) groups is 2. The fourth-order valence-electron chi connectivity index (χ4n) is 2.72. The first-order valence-corrected chi connectivity index (χ1v) is 6.89. The average Bonchev–Trinajstić information content (AvgIpc) is 3.04. The number of aromatic nitrogens is 3. The molecule has 7 nitrogen and oxygen atoms in total. The van der Waals surface area contributed by atoms with Crippen LogP contribution in [0.3, 0.4) is 0 Å². The fourth-order valence-corrected chi connectivity index (χ4v) is 2.72. The summed E-state index contributed by atoms with van der Waals surface area (Å²) in [6.45, 7) is 1.85. The Labute approximate surface area is 121 Å². The van der Waals surface area contributed by atoms with Gasteiger partial charge in [-0.25, -0.2) is 9.50 Å². The first-order valence-electron chi connectivity index (χ1n) is 6.89. The van der Waals surface area contributed by atoms with E-state index in [1.54, 1.807) is 10.7 Å². The Hall–Kier alpha value is -2.44. The summed E-state index contributed by atoms with van der Waals surface area (Å²) in [6.07, 6.45) is 5.01. The van der Waals surface area contributed by atoms with E-state index in [9.17, 15) is 9.59 Å². The van der Waals surface area contributed by atoms with Crippen molar-refractivity contribution in [2.45, 2.75) is 32.2 Å². The highest BCUT2D eigenvalue weighted by atomic mass is 16.4. The number of rotatable bonds is 3. The third kappa shape index (κ3) is 2.58. The number of carbonyl (C=O) groups excluding carboxylic acids is 1. The minimum absolute atomic E-state index is 0.0987. The standard InChI is InChI=1S/C14H16N4O3/c1-8-4-5-18-12(16-8)11(7-15-18)13(19)17-10-3-2-9(6-10)14(20)21/h4-5,7,9-10H,2-3,6H2,1H3,(H,17,19)(H,20,21)/t9-,10+/m1/s1. The zero-order chi connectivity index (χ0) is 15.0. The van der Waals surface area contributed by atoms with Crippen LogP contribution in [-0.2, 0) is 4.79 Å². The van der Waals surface area contributed by atoms with Gasteiger partial charge in [0.25, 0.3) is 5.91 Å². The zero-order valence-corrected chi connectivity index (χ0v) is 11.6. The molecule has 0 unspecified atom stereocenters. The van der Waals surface area contributed by atoms with E-state index in [2.05, 4.69) is 15.4 Å². The lowest BCUT2D eigenvalue weighted by Crippen LogP contribution is -2.33. The molecule has 110 valence electrons. The Balaban J connectivity index is 1.76. The summed E-state index contributed by atoms with van der Waals surface area (Å²) >= 11 is 0. The molecule has 0 radical (unpaired) electrons. The molecule has 1 amide bonds. The third-order valence-electron chi connectivity index (χ3n) is 3.87. The molecule has 1 saturated carbocycles. The Morgan fingerprint density at radius 3 is 2.95 bits per heavy atom. The lowest BCUT2D eigenvalue weighted by molar-refractivity contribution is -0.141.